The number of carbonyl (C=O) groups excluding carboxylic acids is 1. The summed E-state index contributed by atoms with van der Waals surface area (Å²) in [5.74, 6) is 1.90. The van der Waals surface area contributed by atoms with Gasteiger partial charge in [0, 0.05) is 18.0 Å². The van der Waals surface area contributed by atoms with Crippen LogP contribution in [0.4, 0.5) is 4.79 Å². The summed E-state index contributed by atoms with van der Waals surface area (Å²) in [5.41, 5.74) is 2.74. The molecule has 1 amide bonds. The molecule has 170 valence electrons. The van der Waals surface area contributed by atoms with Crippen molar-refractivity contribution in [3.8, 4) is 11.5 Å². The first-order valence-corrected chi connectivity index (χ1v) is 12.5. The molecule has 32 heavy (non-hydrogen) atoms. The normalized spacial score (nSPS) is 26.7. The van der Waals surface area contributed by atoms with Gasteiger partial charge in [-0.25, -0.2) is 4.79 Å². The number of nitrogens with zero attached hydrogens (tertiary/aromatic N) is 1. The second-order valence-corrected chi connectivity index (χ2v) is 10.8. The molecular formula is C25H26Cl3NO3. The molecule has 2 bridgehead atoms. The number of fused-ring (bicyclic) bond motifs is 1. The van der Waals surface area contributed by atoms with Crippen molar-refractivity contribution in [3.63, 3.8) is 0 Å². The maximum Gasteiger partial charge on any atom is 0.412 e. The van der Waals surface area contributed by atoms with Gasteiger partial charge in [-0.2, -0.15) is 0 Å². The molecule has 2 fully saturated rings. The minimum atomic E-state index is -1.71. The summed E-state index contributed by atoms with van der Waals surface area (Å²) in [7, 11) is 0. The van der Waals surface area contributed by atoms with Crippen molar-refractivity contribution >= 4 is 40.9 Å². The average Bonchev–Trinajstić information content (AvgIpc) is 2.80. The number of benzene rings is 2. The van der Waals surface area contributed by atoms with Crippen molar-refractivity contribution in [2.45, 2.75) is 54.5 Å². The third-order valence-corrected chi connectivity index (χ3v) is 8.49. The summed E-state index contributed by atoms with van der Waals surface area (Å²) < 4.78 is 9.78. The molecule has 1 saturated heterocycles. The molecule has 3 aliphatic rings. The van der Waals surface area contributed by atoms with E-state index in [2.05, 4.69) is 12.1 Å². The Bertz CT molecular complexity index is 999. The van der Waals surface area contributed by atoms with Crippen LogP contribution in [0.15, 0.2) is 48.5 Å². The Morgan fingerprint density at radius 1 is 1.09 bits per heavy atom. The number of hydrogen-bond donors (Lipinski definition) is 0. The van der Waals surface area contributed by atoms with Crippen molar-refractivity contribution < 1.29 is 14.3 Å². The van der Waals surface area contributed by atoms with E-state index in [1.54, 1.807) is 0 Å². The number of hydrogen-bond acceptors (Lipinski definition) is 3. The Kier molecular flexibility index (Phi) is 5.98. The van der Waals surface area contributed by atoms with Crippen molar-refractivity contribution in [2.24, 2.45) is 5.92 Å². The van der Waals surface area contributed by atoms with Gasteiger partial charge in [-0.15, -0.1) is 11.6 Å². The lowest BCUT2D eigenvalue weighted by molar-refractivity contribution is -0.0167. The molecule has 0 N–H and O–H groups in total. The van der Waals surface area contributed by atoms with Crippen LogP contribution in [-0.4, -0.2) is 34.0 Å². The third-order valence-electron chi connectivity index (χ3n) is 7.41. The monoisotopic (exact) mass is 493 g/mol. The van der Waals surface area contributed by atoms with Gasteiger partial charge < -0.3 is 14.4 Å². The topological polar surface area (TPSA) is 38.8 Å². The van der Waals surface area contributed by atoms with Crippen molar-refractivity contribution in [3.05, 3.63) is 59.7 Å². The number of piperidine rings is 1. The highest BCUT2D eigenvalue weighted by Crippen LogP contribution is 2.56. The Hall–Kier alpha value is -1.62. The van der Waals surface area contributed by atoms with Crippen LogP contribution in [0, 0.1) is 5.92 Å². The summed E-state index contributed by atoms with van der Waals surface area (Å²) in [6.45, 7) is 0.620. The largest absolute Gasteiger partial charge is 0.457 e. The van der Waals surface area contributed by atoms with Crippen LogP contribution in [0.2, 0.25) is 0 Å². The third kappa shape index (κ3) is 3.95. The molecule has 0 aromatic heterocycles. The minimum Gasteiger partial charge on any atom is -0.457 e. The molecule has 4 nitrogen and oxygen atoms in total. The lowest BCUT2D eigenvalue weighted by Gasteiger charge is -2.58. The highest BCUT2D eigenvalue weighted by atomic mass is 35.5. The molecule has 0 radical (unpaired) electrons. The summed E-state index contributed by atoms with van der Waals surface area (Å²) in [6, 6.07) is 16.4. The number of amides is 1. The summed E-state index contributed by atoms with van der Waals surface area (Å²) in [5, 5.41) is 0. The maximum absolute atomic E-state index is 13.0. The van der Waals surface area contributed by atoms with Gasteiger partial charge in [0.1, 0.15) is 11.5 Å². The van der Waals surface area contributed by atoms with E-state index in [1.807, 2.05) is 41.3 Å². The van der Waals surface area contributed by atoms with Crippen LogP contribution in [-0.2, 0) is 16.6 Å². The molecule has 1 heterocycles. The Balaban J connectivity index is 1.47. The molecule has 2 aliphatic carbocycles. The van der Waals surface area contributed by atoms with E-state index in [1.165, 1.54) is 24.0 Å². The lowest BCUT2D eigenvalue weighted by atomic mass is 9.52. The fraction of sp³-hybridized carbons (Fsp3) is 0.480. The Labute approximate surface area is 203 Å². The minimum absolute atomic E-state index is 0.0643. The molecule has 1 saturated carbocycles. The van der Waals surface area contributed by atoms with Gasteiger partial charge in [-0.05, 0) is 67.0 Å². The van der Waals surface area contributed by atoms with Crippen LogP contribution >= 0.6 is 34.8 Å². The highest BCUT2D eigenvalue weighted by Gasteiger charge is 2.55. The summed E-state index contributed by atoms with van der Waals surface area (Å²) in [6.07, 6.45) is 5.82. The SMILES string of the molecule is O=C(OC(Cl)(Cl)CCl)N1CC[C@]23CCCC[C@H]2[C@H]1Cc1ccc(Oc2ccccc2)cc13. The van der Waals surface area contributed by atoms with Gasteiger partial charge in [0.15, 0.2) is 0 Å². The predicted molar refractivity (Wildman–Crippen MR) is 127 cm³/mol. The fourth-order valence-electron chi connectivity index (χ4n) is 6.11. The number of likely N-dealkylation sites (tertiary alicyclic amines) is 1. The standard InChI is InChI=1S/C25H26Cl3NO3/c26-16-25(27,28)32-23(30)29-13-12-24-11-5-4-8-20(24)22(29)14-17-9-10-19(15-21(17)24)31-18-6-2-1-3-7-18/h1-3,6-7,9-10,15,20,22H,4-5,8,11-14,16H2/t20-,22+,24+/m0/s1. The van der Waals surface area contributed by atoms with E-state index >= 15 is 0 Å². The second kappa shape index (κ2) is 8.62. The van der Waals surface area contributed by atoms with E-state index in [0.29, 0.717) is 12.5 Å². The van der Waals surface area contributed by atoms with Gasteiger partial charge in [-0.1, -0.05) is 60.3 Å². The second-order valence-electron chi connectivity index (χ2n) is 9.10. The van der Waals surface area contributed by atoms with Gasteiger partial charge in [-0.3, -0.25) is 0 Å². The molecule has 7 heteroatoms. The van der Waals surface area contributed by atoms with Crippen LogP contribution < -0.4 is 4.74 Å². The molecule has 3 atom stereocenters. The fourth-order valence-corrected chi connectivity index (χ4v) is 6.30. The first-order chi connectivity index (χ1) is 15.4. The summed E-state index contributed by atoms with van der Waals surface area (Å²) >= 11 is 17.8. The number of ether oxygens (including phenoxy) is 2. The number of halogens is 3. The van der Waals surface area contributed by atoms with E-state index in [4.69, 9.17) is 44.3 Å². The van der Waals surface area contributed by atoms with Gasteiger partial charge >= 0.3 is 6.09 Å². The zero-order chi connectivity index (χ0) is 22.3. The summed E-state index contributed by atoms with van der Waals surface area (Å²) in [4.78, 5) is 14.8. The zero-order valence-corrected chi connectivity index (χ0v) is 20.0. The van der Waals surface area contributed by atoms with E-state index < -0.39 is 10.6 Å². The highest BCUT2D eigenvalue weighted by molar-refractivity contribution is 6.50. The van der Waals surface area contributed by atoms with Crippen LogP contribution in [0.5, 0.6) is 11.5 Å². The van der Waals surface area contributed by atoms with Gasteiger partial charge in [0.2, 0.25) is 0 Å². The number of para-hydroxylation sites is 1. The van der Waals surface area contributed by atoms with E-state index in [-0.39, 0.29) is 17.3 Å². The van der Waals surface area contributed by atoms with Gasteiger partial charge in [0.05, 0.1) is 5.88 Å². The van der Waals surface area contributed by atoms with Crippen LogP contribution in [0.1, 0.15) is 43.2 Å². The van der Waals surface area contributed by atoms with Crippen molar-refractivity contribution in [1.29, 1.82) is 0 Å². The Morgan fingerprint density at radius 2 is 1.91 bits per heavy atom. The molecule has 5 rings (SSSR count). The first-order valence-electron chi connectivity index (χ1n) is 11.2. The smallest absolute Gasteiger partial charge is 0.412 e. The van der Waals surface area contributed by atoms with E-state index in [9.17, 15) is 4.79 Å². The predicted octanol–water partition coefficient (Wildman–Crippen LogP) is 7.04. The molecule has 0 unspecified atom stereocenters. The molecule has 0 spiro atoms. The lowest BCUT2D eigenvalue weighted by Crippen LogP contribution is -2.62. The zero-order valence-electron chi connectivity index (χ0n) is 17.7. The Morgan fingerprint density at radius 3 is 2.69 bits per heavy atom. The van der Waals surface area contributed by atoms with Crippen LogP contribution in [0.25, 0.3) is 0 Å². The van der Waals surface area contributed by atoms with Gasteiger partial charge in [0.25, 0.3) is 4.52 Å². The molecule has 2 aromatic rings. The van der Waals surface area contributed by atoms with Crippen molar-refractivity contribution in [2.75, 3.05) is 12.4 Å². The molecule has 2 aromatic carbocycles. The molecule has 1 aliphatic heterocycles. The van der Waals surface area contributed by atoms with Crippen molar-refractivity contribution in [1.82, 2.24) is 4.90 Å². The average molecular weight is 495 g/mol. The molecular weight excluding hydrogens is 469 g/mol. The quantitative estimate of drug-likeness (QED) is 0.428. The maximum atomic E-state index is 13.0. The number of alkyl halides is 3. The number of carbonyl (C=O) groups is 1. The number of rotatable bonds is 4. The first kappa shape index (κ1) is 22.2. The van der Waals surface area contributed by atoms with Crippen LogP contribution in [0.3, 0.4) is 0 Å². The van der Waals surface area contributed by atoms with E-state index in [0.717, 1.165) is 37.2 Å².